The van der Waals surface area contributed by atoms with Gasteiger partial charge >= 0.3 is 12.0 Å². The first-order valence-corrected chi connectivity index (χ1v) is 9.27. The van der Waals surface area contributed by atoms with Crippen LogP contribution in [0.3, 0.4) is 0 Å². The monoisotopic (exact) mass is 395 g/mol. The summed E-state index contributed by atoms with van der Waals surface area (Å²) in [5.74, 6) is -0.869. The predicted octanol–water partition coefficient (Wildman–Crippen LogP) is 0.535. The first-order chi connectivity index (χ1) is 13.3. The van der Waals surface area contributed by atoms with Crippen molar-refractivity contribution in [1.29, 1.82) is 0 Å². The Balaban J connectivity index is 1.72. The van der Waals surface area contributed by atoms with Crippen LogP contribution in [0.5, 0.6) is 5.75 Å². The lowest BCUT2D eigenvalue weighted by molar-refractivity contribution is 0.0526. The average molecular weight is 395 g/mol. The molecule has 156 valence electrons. The molecule has 28 heavy (non-hydrogen) atoms. The number of nitrogens with zero attached hydrogens (tertiary/aromatic N) is 1. The number of para-hydroxylation sites is 1. The Bertz CT molecular complexity index is 661. The van der Waals surface area contributed by atoms with Gasteiger partial charge in [-0.25, -0.2) is 9.59 Å². The standard InChI is InChI=1S/C19H29N3O6/c1-19(2,13-20-18(26)22-7-9-27-10-8-22)21-11-14(23)12-28-16-6-4-3-5-15(16)17(24)25/h3-6,14,21,23H,7-13H2,1-2H3,(H,20,26)(H,24,25). The first-order valence-electron chi connectivity index (χ1n) is 9.27. The molecule has 2 rings (SSSR count). The lowest BCUT2D eigenvalue weighted by Crippen LogP contribution is -2.54. The minimum absolute atomic E-state index is 0.0481. The second-order valence-electron chi connectivity index (χ2n) is 7.29. The number of carboxylic acid groups (broad SMARTS) is 1. The number of amides is 2. The van der Waals surface area contributed by atoms with Crippen LogP contribution in [0.25, 0.3) is 0 Å². The number of rotatable bonds is 9. The van der Waals surface area contributed by atoms with Gasteiger partial charge in [-0.1, -0.05) is 12.1 Å². The van der Waals surface area contributed by atoms with E-state index in [0.717, 1.165) is 0 Å². The molecule has 1 unspecified atom stereocenters. The van der Waals surface area contributed by atoms with Gasteiger partial charge in [0.1, 0.15) is 24.0 Å². The van der Waals surface area contributed by atoms with Gasteiger partial charge in [-0.05, 0) is 26.0 Å². The quantitative estimate of drug-likeness (QED) is 0.481. The number of carboxylic acids is 1. The van der Waals surface area contributed by atoms with Crippen LogP contribution >= 0.6 is 0 Å². The SMILES string of the molecule is CC(C)(CNC(=O)N1CCOCC1)NCC(O)COc1ccccc1C(=O)O. The molecule has 1 aromatic carbocycles. The van der Waals surface area contributed by atoms with Crippen LogP contribution in [0.1, 0.15) is 24.2 Å². The van der Waals surface area contributed by atoms with Gasteiger partial charge in [0.15, 0.2) is 0 Å². The number of hydrogen-bond donors (Lipinski definition) is 4. The number of aliphatic hydroxyl groups is 1. The highest BCUT2D eigenvalue weighted by Crippen LogP contribution is 2.17. The summed E-state index contributed by atoms with van der Waals surface area (Å²) in [5, 5.41) is 25.4. The molecular formula is C19H29N3O6. The number of carbonyl (C=O) groups is 2. The number of ether oxygens (including phenoxy) is 2. The fraction of sp³-hybridized carbons (Fsp3) is 0.579. The Morgan fingerprint density at radius 3 is 2.64 bits per heavy atom. The van der Waals surface area contributed by atoms with Gasteiger partial charge in [0.05, 0.1) is 13.2 Å². The molecule has 1 saturated heterocycles. The average Bonchev–Trinajstić information content (AvgIpc) is 2.70. The Morgan fingerprint density at radius 1 is 1.29 bits per heavy atom. The van der Waals surface area contributed by atoms with E-state index in [1.165, 1.54) is 6.07 Å². The lowest BCUT2D eigenvalue weighted by Gasteiger charge is -2.31. The maximum Gasteiger partial charge on any atom is 0.339 e. The van der Waals surface area contributed by atoms with Crippen molar-refractivity contribution in [2.45, 2.75) is 25.5 Å². The van der Waals surface area contributed by atoms with Crippen molar-refractivity contribution in [3.05, 3.63) is 29.8 Å². The molecule has 1 heterocycles. The number of hydrogen-bond acceptors (Lipinski definition) is 6. The van der Waals surface area contributed by atoms with E-state index in [1.54, 1.807) is 23.1 Å². The Kier molecular flexibility index (Phi) is 8.04. The summed E-state index contributed by atoms with van der Waals surface area (Å²) < 4.78 is 10.7. The highest BCUT2D eigenvalue weighted by Gasteiger charge is 2.23. The summed E-state index contributed by atoms with van der Waals surface area (Å²) in [4.78, 5) is 25.0. The third-order valence-corrected chi connectivity index (χ3v) is 4.34. The number of urea groups is 1. The van der Waals surface area contributed by atoms with Gasteiger partial charge in [0.25, 0.3) is 0 Å². The zero-order valence-electron chi connectivity index (χ0n) is 16.3. The highest BCUT2D eigenvalue weighted by molar-refractivity contribution is 5.90. The number of benzene rings is 1. The van der Waals surface area contributed by atoms with E-state index in [9.17, 15) is 14.7 Å². The van der Waals surface area contributed by atoms with Gasteiger partial charge in [-0.3, -0.25) is 0 Å². The molecule has 1 aliphatic heterocycles. The zero-order chi connectivity index (χ0) is 20.6. The predicted molar refractivity (Wildman–Crippen MR) is 103 cm³/mol. The molecule has 1 aromatic rings. The molecule has 0 aromatic heterocycles. The minimum Gasteiger partial charge on any atom is -0.490 e. The number of carbonyl (C=O) groups excluding carboxylic acids is 1. The van der Waals surface area contributed by atoms with Crippen LogP contribution in [0.2, 0.25) is 0 Å². The Morgan fingerprint density at radius 2 is 1.96 bits per heavy atom. The van der Waals surface area contributed by atoms with E-state index in [-0.39, 0.29) is 30.5 Å². The summed E-state index contributed by atoms with van der Waals surface area (Å²) in [6, 6.07) is 6.15. The van der Waals surface area contributed by atoms with Crippen molar-refractivity contribution in [3.63, 3.8) is 0 Å². The number of β-amino-alcohol motifs (C(OH)–C–C–N with tert-alkyl or cyclic N) is 1. The number of aliphatic hydroxyl groups excluding tert-OH is 1. The van der Waals surface area contributed by atoms with Crippen molar-refractivity contribution in [2.24, 2.45) is 0 Å². The number of aromatic carboxylic acids is 1. The van der Waals surface area contributed by atoms with Crippen molar-refractivity contribution >= 4 is 12.0 Å². The summed E-state index contributed by atoms with van der Waals surface area (Å²) in [6.45, 7) is 6.65. The molecule has 9 heteroatoms. The van der Waals surface area contributed by atoms with Gasteiger partial charge in [-0.2, -0.15) is 0 Å². The molecule has 0 bridgehead atoms. The van der Waals surface area contributed by atoms with Crippen molar-refractivity contribution in [2.75, 3.05) is 46.0 Å². The third kappa shape index (κ3) is 6.99. The summed E-state index contributed by atoms with van der Waals surface area (Å²) in [6.07, 6.45) is -0.837. The Labute approximate surface area is 164 Å². The van der Waals surface area contributed by atoms with E-state index in [1.807, 2.05) is 13.8 Å². The van der Waals surface area contributed by atoms with Crippen molar-refractivity contribution < 1.29 is 29.3 Å². The van der Waals surface area contributed by atoms with Crippen LogP contribution < -0.4 is 15.4 Å². The molecule has 4 N–H and O–H groups in total. The summed E-state index contributed by atoms with van der Waals surface area (Å²) in [5.41, 5.74) is -0.393. The molecule has 0 aliphatic carbocycles. The van der Waals surface area contributed by atoms with Gasteiger partial charge in [-0.15, -0.1) is 0 Å². The van der Waals surface area contributed by atoms with Crippen LogP contribution in [-0.2, 0) is 4.74 Å². The second kappa shape index (κ2) is 10.3. The maximum absolute atomic E-state index is 12.1. The van der Waals surface area contributed by atoms with Gasteiger partial charge in [0.2, 0.25) is 0 Å². The van der Waals surface area contributed by atoms with Crippen LogP contribution in [0.4, 0.5) is 4.79 Å². The number of morpholine rings is 1. The highest BCUT2D eigenvalue weighted by atomic mass is 16.5. The third-order valence-electron chi connectivity index (χ3n) is 4.34. The fourth-order valence-electron chi connectivity index (χ4n) is 2.65. The molecule has 1 atom stereocenters. The van der Waals surface area contributed by atoms with E-state index < -0.39 is 17.6 Å². The smallest absolute Gasteiger partial charge is 0.339 e. The molecule has 2 amide bonds. The number of nitrogens with one attached hydrogen (secondary N) is 2. The molecule has 0 spiro atoms. The maximum atomic E-state index is 12.1. The molecule has 0 radical (unpaired) electrons. The van der Waals surface area contributed by atoms with Gasteiger partial charge < -0.3 is 35.2 Å². The summed E-state index contributed by atoms with van der Waals surface area (Å²) in [7, 11) is 0. The van der Waals surface area contributed by atoms with Gasteiger partial charge in [0, 0.05) is 31.7 Å². The largest absolute Gasteiger partial charge is 0.490 e. The van der Waals surface area contributed by atoms with Crippen LogP contribution in [-0.4, -0.2) is 84.8 Å². The topological polar surface area (TPSA) is 120 Å². The van der Waals surface area contributed by atoms with E-state index in [2.05, 4.69) is 10.6 Å². The van der Waals surface area contributed by atoms with Crippen molar-refractivity contribution in [1.82, 2.24) is 15.5 Å². The van der Waals surface area contributed by atoms with E-state index in [4.69, 9.17) is 14.6 Å². The molecule has 1 aliphatic rings. The van der Waals surface area contributed by atoms with Crippen LogP contribution in [0.15, 0.2) is 24.3 Å². The van der Waals surface area contributed by atoms with Crippen LogP contribution in [0, 0.1) is 0 Å². The van der Waals surface area contributed by atoms with E-state index in [0.29, 0.717) is 32.8 Å². The molecular weight excluding hydrogens is 366 g/mol. The second-order valence-corrected chi connectivity index (χ2v) is 7.29. The van der Waals surface area contributed by atoms with E-state index >= 15 is 0 Å². The fourth-order valence-corrected chi connectivity index (χ4v) is 2.65. The normalized spacial score (nSPS) is 15.8. The lowest BCUT2D eigenvalue weighted by atomic mass is 10.1. The van der Waals surface area contributed by atoms with Crippen molar-refractivity contribution in [3.8, 4) is 5.75 Å². The minimum atomic E-state index is -1.08. The zero-order valence-corrected chi connectivity index (χ0v) is 16.3. The Hall–Kier alpha value is -2.36. The molecule has 0 saturated carbocycles. The molecule has 1 fully saturated rings. The molecule has 9 nitrogen and oxygen atoms in total. The summed E-state index contributed by atoms with van der Waals surface area (Å²) >= 11 is 0. The first kappa shape index (κ1) is 21.9.